The predicted octanol–water partition coefficient (Wildman–Crippen LogP) is 5.10. The first-order valence-electron chi connectivity index (χ1n) is 12.9. The Hall–Kier alpha value is -3.05. The lowest BCUT2D eigenvalue weighted by molar-refractivity contribution is -0.122. The average molecular weight is 550 g/mol. The Morgan fingerprint density at radius 1 is 1.21 bits per heavy atom. The number of aryl methyl sites for hydroxylation is 1. The number of halogens is 3. The number of aliphatic hydroxyl groups is 1. The van der Waals surface area contributed by atoms with E-state index >= 15 is 0 Å². The SMILES string of the molecule is C=NC(=N[C@@H]1CC[C@@H](C)[C@H](O)C1)Nc1c(C)nc(Nc2ccc(Cl)c(F)c2F)n1C1CCC(C(N)=O)CC1. The van der Waals surface area contributed by atoms with Crippen LogP contribution >= 0.6 is 11.6 Å². The van der Waals surface area contributed by atoms with Crippen molar-refractivity contribution in [3.63, 3.8) is 0 Å². The van der Waals surface area contributed by atoms with E-state index in [4.69, 9.17) is 22.3 Å². The number of carbonyl (C=O) groups is 1. The number of guanidine groups is 1. The smallest absolute Gasteiger partial charge is 0.223 e. The van der Waals surface area contributed by atoms with E-state index in [1.54, 1.807) is 6.92 Å². The molecule has 2 fully saturated rings. The number of nitrogens with two attached hydrogens (primary N) is 1. The zero-order valence-electron chi connectivity index (χ0n) is 21.6. The van der Waals surface area contributed by atoms with Gasteiger partial charge in [0.25, 0.3) is 0 Å². The van der Waals surface area contributed by atoms with Crippen molar-refractivity contribution in [3.8, 4) is 0 Å². The topological polar surface area (TPSA) is 130 Å². The largest absolute Gasteiger partial charge is 0.393 e. The zero-order chi connectivity index (χ0) is 27.6. The third kappa shape index (κ3) is 5.99. The summed E-state index contributed by atoms with van der Waals surface area (Å²) in [7, 11) is 0. The van der Waals surface area contributed by atoms with Crippen molar-refractivity contribution in [1.82, 2.24) is 9.55 Å². The molecule has 0 aliphatic heterocycles. The molecule has 0 bridgehead atoms. The number of aliphatic hydroxyl groups excluding tert-OH is 1. The lowest BCUT2D eigenvalue weighted by Crippen LogP contribution is -2.31. The Balaban J connectivity index is 1.68. The van der Waals surface area contributed by atoms with Gasteiger partial charge in [0, 0.05) is 12.0 Å². The fourth-order valence-corrected chi connectivity index (χ4v) is 5.43. The Morgan fingerprint density at radius 2 is 1.92 bits per heavy atom. The maximum Gasteiger partial charge on any atom is 0.223 e. The number of benzene rings is 1. The molecular weight excluding hydrogens is 516 g/mol. The monoisotopic (exact) mass is 549 g/mol. The van der Waals surface area contributed by atoms with E-state index in [0.717, 1.165) is 12.8 Å². The molecule has 1 aromatic heterocycles. The molecule has 5 N–H and O–H groups in total. The van der Waals surface area contributed by atoms with Gasteiger partial charge in [-0.05, 0) is 76.6 Å². The van der Waals surface area contributed by atoms with E-state index < -0.39 is 17.7 Å². The number of anilines is 3. The first-order chi connectivity index (χ1) is 18.1. The van der Waals surface area contributed by atoms with Crippen molar-refractivity contribution < 1.29 is 18.7 Å². The molecule has 9 nitrogen and oxygen atoms in total. The van der Waals surface area contributed by atoms with Crippen molar-refractivity contribution in [1.29, 1.82) is 0 Å². The van der Waals surface area contributed by atoms with E-state index in [9.17, 15) is 18.7 Å². The summed E-state index contributed by atoms with van der Waals surface area (Å²) in [6.07, 6.45) is 4.24. The molecule has 0 saturated heterocycles. The summed E-state index contributed by atoms with van der Waals surface area (Å²) in [5, 5.41) is 16.1. The minimum Gasteiger partial charge on any atom is -0.393 e. The summed E-state index contributed by atoms with van der Waals surface area (Å²) in [6.45, 7) is 7.46. The van der Waals surface area contributed by atoms with Gasteiger partial charge < -0.3 is 21.5 Å². The first kappa shape index (κ1) is 28.0. The Morgan fingerprint density at radius 3 is 2.55 bits per heavy atom. The van der Waals surface area contributed by atoms with Crippen LogP contribution in [0.15, 0.2) is 22.1 Å². The highest BCUT2D eigenvalue weighted by Crippen LogP contribution is 2.39. The van der Waals surface area contributed by atoms with Crippen molar-refractivity contribution in [2.75, 3.05) is 10.6 Å². The number of carbonyl (C=O) groups excluding carboxylic acids is 1. The van der Waals surface area contributed by atoms with Crippen molar-refractivity contribution >= 4 is 47.6 Å². The highest BCUT2D eigenvalue weighted by molar-refractivity contribution is 6.30. The Bertz CT molecular complexity index is 1230. The van der Waals surface area contributed by atoms with E-state index in [-0.39, 0.29) is 46.5 Å². The Kier molecular flexibility index (Phi) is 8.67. The zero-order valence-corrected chi connectivity index (χ0v) is 22.3. The second kappa shape index (κ2) is 11.8. The van der Waals surface area contributed by atoms with E-state index in [1.807, 2.05) is 11.5 Å². The van der Waals surface area contributed by atoms with Gasteiger partial charge in [-0.3, -0.25) is 9.36 Å². The number of primary amides is 1. The fourth-order valence-electron chi connectivity index (χ4n) is 5.29. The number of hydrogen-bond acceptors (Lipinski definition) is 5. The number of rotatable bonds is 6. The second-order valence-corrected chi connectivity index (χ2v) is 10.6. The highest BCUT2D eigenvalue weighted by Gasteiger charge is 2.31. The molecule has 0 unspecified atom stereocenters. The Labute approximate surface area is 225 Å². The number of nitrogens with one attached hydrogen (secondary N) is 2. The molecule has 0 spiro atoms. The maximum atomic E-state index is 14.7. The molecule has 2 saturated carbocycles. The standard InChI is InChI=1S/C26H34ClF2N7O2/c1-13-4-7-16(12-20(13)37)33-25(31-3)35-24-14(2)32-26(34-19-11-10-18(27)21(28)22(19)29)36(24)17-8-5-15(6-9-17)23(30)38/h10-11,13,15-17,20,37H,3-9,12H2,1-2H3,(H2,30,38)(H,32,34)(H,33,35)/t13-,15?,16-,17?,20-/m1/s1. The minimum atomic E-state index is -1.15. The summed E-state index contributed by atoms with van der Waals surface area (Å²) >= 11 is 5.72. The van der Waals surface area contributed by atoms with E-state index in [1.165, 1.54) is 12.1 Å². The van der Waals surface area contributed by atoms with Crippen LogP contribution in [0.1, 0.15) is 63.6 Å². The third-order valence-electron chi connectivity index (χ3n) is 7.64. The lowest BCUT2D eigenvalue weighted by Gasteiger charge is -2.30. The van der Waals surface area contributed by atoms with Crippen LogP contribution in [-0.4, -0.2) is 45.4 Å². The van der Waals surface area contributed by atoms with Crippen LogP contribution in [0.5, 0.6) is 0 Å². The molecule has 2 aliphatic rings. The van der Waals surface area contributed by atoms with Crippen LogP contribution in [0.4, 0.5) is 26.2 Å². The number of amides is 1. The molecule has 1 amide bonds. The number of imidazole rings is 1. The van der Waals surface area contributed by atoms with Crippen LogP contribution in [0, 0.1) is 30.4 Å². The summed E-state index contributed by atoms with van der Waals surface area (Å²) < 4.78 is 30.7. The predicted molar refractivity (Wildman–Crippen MR) is 145 cm³/mol. The van der Waals surface area contributed by atoms with Crippen molar-refractivity contribution in [2.24, 2.45) is 27.6 Å². The number of nitrogens with zero attached hydrogens (tertiary/aromatic N) is 4. The van der Waals surface area contributed by atoms with Crippen LogP contribution in [0.3, 0.4) is 0 Å². The van der Waals surface area contributed by atoms with Gasteiger partial charge in [-0.25, -0.2) is 23.7 Å². The quantitative estimate of drug-likeness (QED) is 0.226. The van der Waals surface area contributed by atoms with Gasteiger partial charge >= 0.3 is 0 Å². The van der Waals surface area contributed by atoms with Gasteiger partial charge in [0.2, 0.25) is 17.8 Å². The van der Waals surface area contributed by atoms with Gasteiger partial charge in [0.1, 0.15) is 5.82 Å². The van der Waals surface area contributed by atoms with Gasteiger partial charge in [0.15, 0.2) is 11.6 Å². The van der Waals surface area contributed by atoms with Gasteiger partial charge in [-0.2, -0.15) is 0 Å². The molecule has 1 heterocycles. The molecule has 3 atom stereocenters. The number of aromatic nitrogens is 2. The van der Waals surface area contributed by atoms with Gasteiger partial charge in [0.05, 0.1) is 28.5 Å². The molecule has 12 heteroatoms. The summed E-state index contributed by atoms with van der Waals surface area (Å²) in [6, 6.07) is 2.40. The molecule has 4 rings (SSSR count). The molecule has 0 radical (unpaired) electrons. The van der Waals surface area contributed by atoms with Gasteiger partial charge in [-0.1, -0.05) is 18.5 Å². The molecule has 38 heavy (non-hydrogen) atoms. The number of hydrogen-bond donors (Lipinski definition) is 4. The second-order valence-electron chi connectivity index (χ2n) is 10.2. The number of aliphatic imine (C=N–C) groups is 2. The van der Waals surface area contributed by atoms with Crippen LogP contribution in [0.2, 0.25) is 5.02 Å². The normalized spacial score (nSPS) is 26.2. The van der Waals surface area contributed by atoms with Crippen LogP contribution in [-0.2, 0) is 4.79 Å². The summed E-state index contributed by atoms with van der Waals surface area (Å²) in [5.41, 5.74) is 5.99. The molecule has 2 aliphatic carbocycles. The van der Waals surface area contributed by atoms with E-state index in [2.05, 4.69) is 27.3 Å². The third-order valence-corrected chi connectivity index (χ3v) is 7.93. The fraction of sp³-hybridized carbons (Fsp3) is 0.538. The highest BCUT2D eigenvalue weighted by atomic mass is 35.5. The first-order valence-corrected chi connectivity index (χ1v) is 13.2. The molecule has 1 aromatic carbocycles. The van der Waals surface area contributed by atoms with Crippen LogP contribution < -0.4 is 16.4 Å². The van der Waals surface area contributed by atoms with Gasteiger partial charge in [-0.15, -0.1) is 0 Å². The van der Waals surface area contributed by atoms with Crippen molar-refractivity contribution in [2.45, 2.75) is 77.0 Å². The molecular formula is C26H34ClF2N7O2. The maximum absolute atomic E-state index is 14.7. The minimum absolute atomic E-state index is 0.111. The average Bonchev–Trinajstić information content (AvgIpc) is 3.20. The van der Waals surface area contributed by atoms with E-state index in [0.29, 0.717) is 49.6 Å². The van der Waals surface area contributed by atoms with Crippen LogP contribution in [0.25, 0.3) is 0 Å². The lowest BCUT2D eigenvalue weighted by atomic mass is 9.85. The summed E-state index contributed by atoms with van der Waals surface area (Å²) in [5.74, 6) is -1.44. The summed E-state index contributed by atoms with van der Waals surface area (Å²) in [4.78, 5) is 25.1. The molecule has 2 aromatic rings. The van der Waals surface area contributed by atoms with Crippen molar-refractivity contribution in [3.05, 3.63) is 34.5 Å². The molecule has 206 valence electrons.